The molecule has 0 fully saturated rings. The molecule has 5 heteroatoms. The summed E-state index contributed by atoms with van der Waals surface area (Å²) in [5.74, 6) is -1.04. The Bertz CT molecular complexity index is 781. The summed E-state index contributed by atoms with van der Waals surface area (Å²) in [5.41, 5.74) is 0.967. The number of hydrogen-bond donors (Lipinski definition) is 1. The van der Waals surface area contributed by atoms with Gasteiger partial charge in [0.25, 0.3) is 5.91 Å². The Balaban J connectivity index is 2.19. The molecule has 23 heavy (non-hydrogen) atoms. The number of benzene rings is 2. The maximum Gasteiger partial charge on any atom is 0.262 e. The summed E-state index contributed by atoms with van der Waals surface area (Å²) in [6, 6.07) is 15.4. The highest BCUT2D eigenvalue weighted by molar-refractivity contribution is 9.10. The zero-order chi connectivity index (χ0) is 16.8. The highest BCUT2D eigenvalue weighted by Gasteiger charge is 2.14. The molecular weight excluding hydrogens is 359 g/mol. The Hall–Kier alpha value is -2.45. The van der Waals surface area contributed by atoms with Gasteiger partial charge in [-0.1, -0.05) is 52.3 Å². The van der Waals surface area contributed by atoms with Crippen LogP contribution in [-0.2, 0) is 4.79 Å². The first-order chi connectivity index (χ1) is 11.0. The van der Waals surface area contributed by atoms with Crippen molar-refractivity contribution in [2.45, 2.75) is 13.0 Å². The molecule has 1 atom stereocenters. The van der Waals surface area contributed by atoms with Crippen LogP contribution in [0, 0.1) is 17.1 Å². The fourth-order valence-corrected chi connectivity index (χ4v) is 2.36. The van der Waals surface area contributed by atoms with Crippen LogP contribution in [0.25, 0.3) is 6.08 Å². The molecule has 3 nitrogen and oxygen atoms in total. The minimum Gasteiger partial charge on any atom is -0.345 e. The van der Waals surface area contributed by atoms with Crippen molar-refractivity contribution in [3.05, 3.63) is 75.5 Å². The van der Waals surface area contributed by atoms with Gasteiger partial charge in [0, 0.05) is 10.0 Å². The van der Waals surface area contributed by atoms with Crippen LogP contribution in [0.2, 0.25) is 0 Å². The van der Waals surface area contributed by atoms with Gasteiger partial charge >= 0.3 is 0 Å². The van der Waals surface area contributed by atoms with Crippen molar-refractivity contribution in [3.63, 3.8) is 0 Å². The number of hydrogen-bond acceptors (Lipinski definition) is 2. The summed E-state index contributed by atoms with van der Waals surface area (Å²) in [6.45, 7) is 1.82. The van der Waals surface area contributed by atoms with Crippen LogP contribution < -0.4 is 5.32 Å². The summed E-state index contributed by atoms with van der Waals surface area (Å²) < 4.78 is 14.4. The van der Waals surface area contributed by atoms with Gasteiger partial charge in [-0.15, -0.1) is 0 Å². The average molecular weight is 373 g/mol. The van der Waals surface area contributed by atoms with Crippen LogP contribution in [0.4, 0.5) is 4.39 Å². The Labute approximate surface area is 142 Å². The van der Waals surface area contributed by atoms with Gasteiger partial charge in [0.15, 0.2) is 0 Å². The van der Waals surface area contributed by atoms with Crippen molar-refractivity contribution < 1.29 is 9.18 Å². The average Bonchev–Trinajstić information content (AvgIpc) is 2.54. The Morgan fingerprint density at radius 2 is 2.00 bits per heavy atom. The largest absolute Gasteiger partial charge is 0.345 e. The normalized spacial score (nSPS) is 12.3. The Morgan fingerprint density at radius 3 is 2.61 bits per heavy atom. The van der Waals surface area contributed by atoms with E-state index in [1.165, 1.54) is 18.2 Å². The van der Waals surface area contributed by atoms with E-state index in [1.54, 1.807) is 6.07 Å². The molecule has 2 aromatic carbocycles. The van der Waals surface area contributed by atoms with E-state index >= 15 is 0 Å². The molecule has 0 aliphatic rings. The molecule has 1 N–H and O–H groups in total. The van der Waals surface area contributed by atoms with E-state index in [4.69, 9.17) is 0 Å². The topological polar surface area (TPSA) is 52.9 Å². The molecule has 0 bridgehead atoms. The van der Waals surface area contributed by atoms with Gasteiger partial charge in [-0.2, -0.15) is 5.26 Å². The number of rotatable bonds is 4. The summed E-state index contributed by atoms with van der Waals surface area (Å²) >= 11 is 3.16. The van der Waals surface area contributed by atoms with Gasteiger partial charge in [0.2, 0.25) is 0 Å². The fraction of sp³-hybridized carbons (Fsp3) is 0.111. The summed E-state index contributed by atoms with van der Waals surface area (Å²) in [7, 11) is 0. The van der Waals surface area contributed by atoms with E-state index in [2.05, 4.69) is 21.2 Å². The van der Waals surface area contributed by atoms with E-state index in [-0.39, 0.29) is 17.2 Å². The third-order valence-electron chi connectivity index (χ3n) is 3.27. The highest BCUT2D eigenvalue weighted by Crippen LogP contribution is 2.18. The first-order valence-corrected chi connectivity index (χ1v) is 7.73. The van der Waals surface area contributed by atoms with Crippen molar-refractivity contribution in [1.29, 1.82) is 5.26 Å². The van der Waals surface area contributed by atoms with Gasteiger partial charge in [0.05, 0.1) is 6.04 Å². The van der Waals surface area contributed by atoms with Crippen LogP contribution in [-0.4, -0.2) is 5.91 Å². The van der Waals surface area contributed by atoms with E-state index < -0.39 is 11.7 Å². The zero-order valence-electron chi connectivity index (χ0n) is 12.4. The summed E-state index contributed by atoms with van der Waals surface area (Å²) in [4.78, 5) is 12.2. The molecule has 0 spiro atoms. The van der Waals surface area contributed by atoms with Gasteiger partial charge in [-0.3, -0.25) is 4.79 Å². The lowest BCUT2D eigenvalue weighted by Gasteiger charge is -2.13. The van der Waals surface area contributed by atoms with Gasteiger partial charge in [0.1, 0.15) is 17.5 Å². The van der Waals surface area contributed by atoms with E-state index in [0.29, 0.717) is 4.47 Å². The van der Waals surface area contributed by atoms with Crippen molar-refractivity contribution >= 4 is 27.9 Å². The van der Waals surface area contributed by atoms with Gasteiger partial charge < -0.3 is 5.32 Å². The number of carbonyl (C=O) groups is 1. The standard InChI is InChI=1S/C18H14BrFN2O/c1-12(13-5-3-2-4-6-13)22-18(23)15(11-21)9-14-7-8-16(19)10-17(14)20/h2-10,12H,1H3,(H,22,23)/b15-9+/t12-/m0/s1. The fourth-order valence-electron chi connectivity index (χ4n) is 2.02. The molecule has 1 amide bonds. The maximum atomic E-state index is 13.8. The van der Waals surface area contributed by atoms with Crippen LogP contribution in [0.5, 0.6) is 0 Å². The molecule has 2 rings (SSSR count). The summed E-state index contributed by atoms with van der Waals surface area (Å²) in [6.07, 6.45) is 1.24. The monoisotopic (exact) mass is 372 g/mol. The minimum atomic E-state index is -0.536. The van der Waals surface area contributed by atoms with Crippen LogP contribution in [0.1, 0.15) is 24.1 Å². The van der Waals surface area contributed by atoms with Crippen molar-refractivity contribution in [3.8, 4) is 6.07 Å². The molecule has 0 saturated carbocycles. The molecular formula is C18H14BrFN2O. The lowest BCUT2D eigenvalue weighted by Crippen LogP contribution is -2.27. The van der Waals surface area contributed by atoms with E-state index in [1.807, 2.05) is 43.3 Å². The minimum absolute atomic E-state index is 0.144. The second kappa shape index (κ2) is 7.70. The third-order valence-corrected chi connectivity index (χ3v) is 3.77. The molecule has 116 valence electrons. The molecule has 0 heterocycles. The van der Waals surface area contributed by atoms with Crippen LogP contribution >= 0.6 is 15.9 Å². The molecule has 0 radical (unpaired) electrons. The highest BCUT2D eigenvalue weighted by atomic mass is 79.9. The molecule has 0 aromatic heterocycles. The van der Waals surface area contributed by atoms with Crippen molar-refractivity contribution in [1.82, 2.24) is 5.32 Å². The lowest BCUT2D eigenvalue weighted by atomic mass is 10.1. The number of nitrogens with zero attached hydrogens (tertiary/aromatic N) is 1. The quantitative estimate of drug-likeness (QED) is 0.639. The number of nitrogens with one attached hydrogen (secondary N) is 1. The first-order valence-electron chi connectivity index (χ1n) is 6.94. The molecule has 2 aromatic rings. The van der Waals surface area contributed by atoms with E-state index in [9.17, 15) is 14.4 Å². The van der Waals surface area contributed by atoms with Crippen LogP contribution in [0.15, 0.2) is 58.6 Å². The van der Waals surface area contributed by atoms with Crippen molar-refractivity contribution in [2.24, 2.45) is 0 Å². The second-order valence-electron chi connectivity index (χ2n) is 4.94. The van der Waals surface area contributed by atoms with E-state index in [0.717, 1.165) is 5.56 Å². The first kappa shape index (κ1) is 16.9. The third kappa shape index (κ3) is 4.51. The zero-order valence-corrected chi connectivity index (χ0v) is 14.0. The molecule has 0 aliphatic carbocycles. The van der Waals surface area contributed by atoms with Gasteiger partial charge in [-0.05, 0) is 30.7 Å². The Kier molecular flexibility index (Phi) is 5.67. The second-order valence-corrected chi connectivity index (χ2v) is 5.86. The van der Waals surface area contributed by atoms with Crippen LogP contribution in [0.3, 0.4) is 0 Å². The number of halogens is 2. The van der Waals surface area contributed by atoms with Gasteiger partial charge in [-0.25, -0.2) is 4.39 Å². The smallest absolute Gasteiger partial charge is 0.262 e. The molecule has 0 unspecified atom stereocenters. The summed E-state index contributed by atoms with van der Waals surface area (Å²) in [5, 5.41) is 11.9. The Morgan fingerprint density at radius 1 is 1.30 bits per heavy atom. The predicted octanol–water partition coefficient (Wildman–Crippen LogP) is 4.37. The maximum absolute atomic E-state index is 13.8. The number of nitriles is 1. The molecule has 0 saturated heterocycles. The predicted molar refractivity (Wildman–Crippen MR) is 90.7 cm³/mol. The number of carbonyl (C=O) groups excluding carboxylic acids is 1. The number of amides is 1. The lowest BCUT2D eigenvalue weighted by molar-refractivity contribution is -0.117. The molecule has 0 aliphatic heterocycles. The van der Waals surface area contributed by atoms with Crippen molar-refractivity contribution in [2.75, 3.05) is 0 Å². The SMILES string of the molecule is C[C@H](NC(=O)/C(C#N)=C/c1ccc(Br)cc1F)c1ccccc1.